The summed E-state index contributed by atoms with van der Waals surface area (Å²) in [5, 5.41) is 3.44. The number of rotatable bonds is 5. The van der Waals surface area contributed by atoms with Crippen molar-refractivity contribution in [3.8, 4) is 0 Å². The highest BCUT2D eigenvalue weighted by atomic mass is 127. The van der Waals surface area contributed by atoms with E-state index in [1.807, 2.05) is 7.05 Å². The molecule has 1 N–H and O–H groups in total. The van der Waals surface area contributed by atoms with E-state index < -0.39 is 0 Å². The highest BCUT2D eigenvalue weighted by Gasteiger charge is 2.18. The van der Waals surface area contributed by atoms with Gasteiger partial charge in [-0.1, -0.05) is 11.6 Å². The maximum Gasteiger partial charge on any atom is 0.193 e. The first kappa shape index (κ1) is 18.7. The molecule has 0 radical (unpaired) electrons. The van der Waals surface area contributed by atoms with Gasteiger partial charge in [0.1, 0.15) is 0 Å². The van der Waals surface area contributed by atoms with Gasteiger partial charge in [-0.15, -0.1) is 24.0 Å². The number of nitrogens with zero attached hydrogens (tertiary/aromatic N) is 2. The van der Waals surface area contributed by atoms with Crippen LogP contribution >= 0.6 is 24.0 Å². The zero-order valence-corrected chi connectivity index (χ0v) is 15.5. The SMILES string of the molecule is CN=C(NCCC1=CCOCC1)N(C)CC1CCOC1.I. The topological polar surface area (TPSA) is 46.1 Å². The van der Waals surface area contributed by atoms with Crippen LogP contribution in [0, 0.1) is 5.92 Å². The van der Waals surface area contributed by atoms with E-state index in [-0.39, 0.29) is 24.0 Å². The van der Waals surface area contributed by atoms with Crippen molar-refractivity contribution in [2.45, 2.75) is 19.3 Å². The van der Waals surface area contributed by atoms with Crippen LogP contribution in [0.15, 0.2) is 16.6 Å². The van der Waals surface area contributed by atoms with Gasteiger partial charge in [0.25, 0.3) is 0 Å². The van der Waals surface area contributed by atoms with Crippen LogP contribution in [0.4, 0.5) is 0 Å². The van der Waals surface area contributed by atoms with Crippen molar-refractivity contribution in [2.24, 2.45) is 10.9 Å². The third-order valence-corrected chi connectivity index (χ3v) is 3.92. The summed E-state index contributed by atoms with van der Waals surface area (Å²) >= 11 is 0. The van der Waals surface area contributed by atoms with Crippen LogP contribution < -0.4 is 5.32 Å². The van der Waals surface area contributed by atoms with Gasteiger partial charge < -0.3 is 19.7 Å². The molecule has 0 saturated carbocycles. The van der Waals surface area contributed by atoms with Crippen molar-refractivity contribution in [2.75, 3.05) is 53.6 Å². The second kappa shape index (κ2) is 10.4. The van der Waals surface area contributed by atoms with Crippen molar-refractivity contribution < 1.29 is 9.47 Å². The first-order chi connectivity index (χ1) is 9.79. The fraction of sp³-hybridized carbons (Fsp3) is 0.800. The molecule has 1 unspecified atom stereocenters. The van der Waals surface area contributed by atoms with E-state index >= 15 is 0 Å². The Labute approximate surface area is 145 Å². The van der Waals surface area contributed by atoms with Gasteiger partial charge in [0.05, 0.1) is 19.8 Å². The summed E-state index contributed by atoms with van der Waals surface area (Å²) < 4.78 is 10.7. The smallest absolute Gasteiger partial charge is 0.193 e. The number of aliphatic imine (C=N–C) groups is 1. The van der Waals surface area contributed by atoms with Gasteiger partial charge >= 0.3 is 0 Å². The maximum atomic E-state index is 5.43. The lowest BCUT2D eigenvalue weighted by Gasteiger charge is -2.25. The molecule has 21 heavy (non-hydrogen) atoms. The van der Waals surface area contributed by atoms with Gasteiger partial charge in [0, 0.05) is 39.7 Å². The Kier molecular flexibility index (Phi) is 9.26. The van der Waals surface area contributed by atoms with Crippen LogP contribution in [0.5, 0.6) is 0 Å². The first-order valence-electron chi connectivity index (χ1n) is 7.54. The number of guanidine groups is 1. The lowest BCUT2D eigenvalue weighted by molar-refractivity contribution is 0.153. The van der Waals surface area contributed by atoms with Gasteiger partial charge in [-0.05, 0) is 19.3 Å². The molecule has 0 spiro atoms. The Bertz CT molecular complexity index is 355. The Morgan fingerprint density at radius 3 is 2.90 bits per heavy atom. The Morgan fingerprint density at radius 2 is 2.29 bits per heavy atom. The molecule has 2 aliphatic rings. The third-order valence-electron chi connectivity index (χ3n) is 3.92. The van der Waals surface area contributed by atoms with Crippen LogP contribution in [0.25, 0.3) is 0 Å². The summed E-state index contributed by atoms with van der Waals surface area (Å²) in [6.07, 6.45) is 5.50. The van der Waals surface area contributed by atoms with Crippen LogP contribution in [0.1, 0.15) is 19.3 Å². The van der Waals surface area contributed by atoms with Gasteiger partial charge in [0.2, 0.25) is 0 Å². The van der Waals surface area contributed by atoms with E-state index in [2.05, 4.69) is 28.3 Å². The predicted molar refractivity (Wildman–Crippen MR) is 96.5 cm³/mol. The normalized spacial score (nSPS) is 22.5. The Morgan fingerprint density at radius 1 is 1.43 bits per heavy atom. The molecule has 2 heterocycles. The molecule has 2 rings (SSSR count). The molecule has 0 aliphatic carbocycles. The van der Waals surface area contributed by atoms with E-state index in [0.29, 0.717) is 5.92 Å². The molecule has 1 atom stereocenters. The largest absolute Gasteiger partial charge is 0.381 e. The second-order valence-corrected chi connectivity index (χ2v) is 5.52. The average Bonchev–Trinajstić information content (AvgIpc) is 2.97. The lowest BCUT2D eigenvalue weighted by Crippen LogP contribution is -2.41. The number of ether oxygens (including phenoxy) is 2. The molecule has 122 valence electrons. The summed E-state index contributed by atoms with van der Waals surface area (Å²) in [5.74, 6) is 1.61. The molecule has 6 heteroatoms. The van der Waals surface area contributed by atoms with Crippen molar-refractivity contribution in [3.63, 3.8) is 0 Å². The molecule has 0 amide bonds. The van der Waals surface area contributed by atoms with Gasteiger partial charge in [0.15, 0.2) is 5.96 Å². The quantitative estimate of drug-likeness (QED) is 0.326. The van der Waals surface area contributed by atoms with Gasteiger partial charge in [-0.3, -0.25) is 4.99 Å². The van der Waals surface area contributed by atoms with Crippen LogP contribution in [0.2, 0.25) is 0 Å². The average molecular weight is 409 g/mol. The summed E-state index contributed by atoms with van der Waals surface area (Å²) in [7, 11) is 3.94. The standard InChI is InChI=1S/C15H27N3O2.HI/c1-16-15(18(2)11-14-6-10-20-12-14)17-7-3-13-4-8-19-9-5-13;/h4,14H,3,5-12H2,1-2H3,(H,16,17);1H. The molecule has 0 aromatic carbocycles. The minimum atomic E-state index is 0. The molecule has 1 saturated heterocycles. The minimum Gasteiger partial charge on any atom is -0.381 e. The van der Waals surface area contributed by atoms with E-state index in [0.717, 1.165) is 64.7 Å². The lowest BCUT2D eigenvalue weighted by atomic mass is 10.1. The molecular formula is C15H28IN3O2. The third kappa shape index (κ3) is 6.52. The highest BCUT2D eigenvalue weighted by molar-refractivity contribution is 14.0. The highest BCUT2D eigenvalue weighted by Crippen LogP contribution is 2.13. The molecule has 0 aromatic heterocycles. The zero-order valence-electron chi connectivity index (χ0n) is 13.1. The molecule has 2 aliphatic heterocycles. The Balaban J connectivity index is 0.00000220. The van der Waals surface area contributed by atoms with E-state index in [9.17, 15) is 0 Å². The number of halogens is 1. The summed E-state index contributed by atoms with van der Waals surface area (Å²) in [4.78, 5) is 6.57. The van der Waals surface area contributed by atoms with Crippen LogP contribution in [-0.2, 0) is 9.47 Å². The van der Waals surface area contributed by atoms with Gasteiger partial charge in [-0.2, -0.15) is 0 Å². The monoisotopic (exact) mass is 409 g/mol. The number of hydrogen-bond acceptors (Lipinski definition) is 3. The van der Waals surface area contributed by atoms with Crippen molar-refractivity contribution in [1.29, 1.82) is 0 Å². The first-order valence-corrected chi connectivity index (χ1v) is 7.54. The van der Waals surface area contributed by atoms with Crippen molar-refractivity contribution >= 4 is 29.9 Å². The maximum absolute atomic E-state index is 5.43. The Hall–Kier alpha value is -0.340. The predicted octanol–water partition coefficient (Wildman–Crippen LogP) is 1.88. The summed E-state index contributed by atoms with van der Waals surface area (Å²) in [6, 6.07) is 0. The van der Waals surface area contributed by atoms with Crippen LogP contribution in [-0.4, -0.2) is 64.5 Å². The van der Waals surface area contributed by atoms with E-state index in [1.165, 1.54) is 5.57 Å². The van der Waals surface area contributed by atoms with Crippen LogP contribution in [0.3, 0.4) is 0 Å². The molecule has 0 bridgehead atoms. The molecule has 5 nitrogen and oxygen atoms in total. The van der Waals surface area contributed by atoms with E-state index in [4.69, 9.17) is 9.47 Å². The minimum absolute atomic E-state index is 0. The number of nitrogens with one attached hydrogen (secondary N) is 1. The van der Waals surface area contributed by atoms with Crippen molar-refractivity contribution in [3.05, 3.63) is 11.6 Å². The fourth-order valence-corrected chi connectivity index (χ4v) is 2.71. The molecule has 1 fully saturated rings. The fourth-order valence-electron chi connectivity index (χ4n) is 2.71. The second-order valence-electron chi connectivity index (χ2n) is 5.52. The number of hydrogen-bond donors (Lipinski definition) is 1. The van der Waals surface area contributed by atoms with E-state index in [1.54, 1.807) is 0 Å². The van der Waals surface area contributed by atoms with Crippen molar-refractivity contribution in [1.82, 2.24) is 10.2 Å². The summed E-state index contributed by atoms with van der Waals surface area (Å²) in [6.45, 7) is 5.36. The summed E-state index contributed by atoms with van der Waals surface area (Å²) in [5.41, 5.74) is 1.49. The molecular weight excluding hydrogens is 381 g/mol. The zero-order chi connectivity index (χ0) is 14.2. The van der Waals surface area contributed by atoms with Gasteiger partial charge in [-0.25, -0.2) is 0 Å². The molecule has 0 aromatic rings.